The Bertz CT molecular complexity index is 475. The first-order valence-corrected chi connectivity index (χ1v) is 6.19. The fourth-order valence-electron chi connectivity index (χ4n) is 2.60. The van der Waals surface area contributed by atoms with Gasteiger partial charge >= 0.3 is 5.97 Å². The summed E-state index contributed by atoms with van der Waals surface area (Å²) in [4.78, 5) is 11.4. The van der Waals surface area contributed by atoms with E-state index in [0.29, 0.717) is 5.56 Å². The first-order chi connectivity index (χ1) is 8.83. The van der Waals surface area contributed by atoms with E-state index in [9.17, 15) is 23.1 Å². The second-order valence-corrected chi connectivity index (χ2v) is 5.25. The van der Waals surface area contributed by atoms with Crippen LogP contribution >= 0.6 is 0 Å². The molecule has 2 nitrogen and oxygen atoms in total. The van der Waals surface area contributed by atoms with Crippen LogP contribution in [0.2, 0.25) is 0 Å². The molecule has 0 heterocycles. The molecule has 104 valence electrons. The molecule has 0 spiro atoms. The molecular formula is C14H15F3O2. The van der Waals surface area contributed by atoms with Crippen LogP contribution in [0.1, 0.15) is 31.2 Å². The Hall–Kier alpha value is -1.52. The summed E-state index contributed by atoms with van der Waals surface area (Å²) < 4.78 is 39.4. The number of hydrogen-bond donors (Lipinski definition) is 1. The number of aliphatic carboxylic acids is 1. The lowest BCUT2D eigenvalue weighted by Crippen LogP contribution is -2.40. The van der Waals surface area contributed by atoms with Crippen molar-refractivity contribution in [2.75, 3.05) is 0 Å². The highest BCUT2D eigenvalue weighted by Crippen LogP contribution is 2.45. The van der Waals surface area contributed by atoms with Crippen molar-refractivity contribution >= 4 is 5.97 Å². The molecule has 0 radical (unpaired) electrons. The third kappa shape index (κ3) is 3.08. The van der Waals surface area contributed by atoms with E-state index in [0.717, 1.165) is 0 Å². The quantitative estimate of drug-likeness (QED) is 0.912. The zero-order valence-electron chi connectivity index (χ0n) is 10.3. The summed E-state index contributed by atoms with van der Waals surface area (Å²) in [6, 6.07) is 5.65. The fraction of sp³-hybridized carbons (Fsp3) is 0.500. The standard InChI is InChI=1S/C14H15F3O2/c15-11-3-1-2-10(8-11)9-13(12(18)19)4-6-14(16,17)7-5-13/h1-3,8H,4-7,9H2,(H,18,19). The Balaban J connectivity index is 2.20. The van der Waals surface area contributed by atoms with Gasteiger partial charge < -0.3 is 5.11 Å². The van der Waals surface area contributed by atoms with Crippen LogP contribution in [0.3, 0.4) is 0 Å². The predicted molar refractivity (Wildman–Crippen MR) is 63.6 cm³/mol. The Kier molecular flexibility index (Phi) is 3.56. The van der Waals surface area contributed by atoms with Crippen LogP contribution in [0.4, 0.5) is 13.2 Å². The van der Waals surface area contributed by atoms with Crippen molar-refractivity contribution < 1.29 is 23.1 Å². The molecule has 1 aliphatic carbocycles. The van der Waals surface area contributed by atoms with E-state index in [1.165, 1.54) is 18.2 Å². The van der Waals surface area contributed by atoms with Crippen molar-refractivity contribution in [1.82, 2.24) is 0 Å². The smallest absolute Gasteiger partial charge is 0.309 e. The summed E-state index contributed by atoms with van der Waals surface area (Å²) in [6.07, 6.45) is -0.906. The molecule has 2 rings (SSSR count). The molecule has 1 aromatic carbocycles. The summed E-state index contributed by atoms with van der Waals surface area (Å²) in [5, 5.41) is 9.35. The van der Waals surface area contributed by atoms with Gasteiger partial charge in [0.25, 0.3) is 0 Å². The van der Waals surface area contributed by atoms with E-state index in [4.69, 9.17) is 0 Å². The van der Waals surface area contributed by atoms with Gasteiger partial charge in [-0.15, -0.1) is 0 Å². The number of rotatable bonds is 3. The first-order valence-electron chi connectivity index (χ1n) is 6.19. The molecule has 0 unspecified atom stereocenters. The van der Waals surface area contributed by atoms with Gasteiger partial charge in [0.2, 0.25) is 5.92 Å². The molecule has 5 heteroatoms. The molecule has 0 aliphatic heterocycles. The van der Waals surface area contributed by atoms with Crippen molar-refractivity contribution in [2.45, 2.75) is 38.0 Å². The molecule has 0 aromatic heterocycles. The summed E-state index contributed by atoms with van der Waals surface area (Å²) in [6.45, 7) is 0. The lowest BCUT2D eigenvalue weighted by Gasteiger charge is -2.36. The van der Waals surface area contributed by atoms with E-state index in [1.807, 2.05) is 0 Å². The van der Waals surface area contributed by atoms with Gasteiger partial charge in [0.05, 0.1) is 5.41 Å². The average Bonchev–Trinajstić information content (AvgIpc) is 2.32. The zero-order valence-corrected chi connectivity index (χ0v) is 10.3. The molecule has 0 amide bonds. The molecular weight excluding hydrogens is 257 g/mol. The van der Waals surface area contributed by atoms with Crippen LogP contribution in [0.15, 0.2) is 24.3 Å². The normalized spacial score (nSPS) is 21.0. The Morgan fingerprint density at radius 3 is 2.37 bits per heavy atom. The van der Waals surface area contributed by atoms with E-state index >= 15 is 0 Å². The summed E-state index contributed by atoms with van der Waals surface area (Å²) in [5.74, 6) is -4.30. The van der Waals surface area contributed by atoms with Crippen molar-refractivity contribution in [2.24, 2.45) is 5.41 Å². The van der Waals surface area contributed by atoms with Gasteiger partial charge in [-0.25, -0.2) is 13.2 Å². The minimum atomic E-state index is -2.78. The van der Waals surface area contributed by atoms with Crippen LogP contribution < -0.4 is 0 Å². The van der Waals surface area contributed by atoms with Gasteiger partial charge in [-0.3, -0.25) is 4.79 Å². The van der Waals surface area contributed by atoms with Gasteiger partial charge in [-0.1, -0.05) is 12.1 Å². The summed E-state index contributed by atoms with van der Waals surface area (Å²) in [5.41, 5.74) is -0.664. The van der Waals surface area contributed by atoms with Crippen molar-refractivity contribution in [3.05, 3.63) is 35.6 Å². The van der Waals surface area contributed by atoms with E-state index < -0.39 is 36.0 Å². The third-order valence-corrected chi connectivity index (χ3v) is 3.82. The second kappa shape index (κ2) is 4.87. The Labute approximate surface area is 109 Å². The molecule has 19 heavy (non-hydrogen) atoms. The van der Waals surface area contributed by atoms with Gasteiger partial charge in [0.1, 0.15) is 5.82 Å². The monoisotopic (exact) mass is 272 g/mol. The van der Waals surface area contributed by atoms with Gasteiger partial charge in [-0.2, -0.15) is 0 Å². The maximum Gasteiger partial charge on any atom is 0.309 e. The number of carboxylic acid groups (broad SMARTS) is 1. The highest BCUT2D eigenvalue weighted by molar-refractivity contribution is 5.75. The maximum absolute atomic E-state index is 13.2. The number of carboxylic acids is 1. The highest BCUT2D eigenvalue weighted by Gasteiger charge is 2.47. The molecule has 0 atom stereocenters. The zero-order chi connectivity index (χ0) is 14.1. The molecule has 0 bridgehead atoms. The Morgan fingerprint density at radius 1 is 1.21 bits per heavy atom. The number of carbonyl (C=O) groups is 1. The maximum atomic E-state index is 13.2. The van der Waals surface area contributed by atoms with E-state index in [1.54, 1.807) is 6.07 Å². The molecule has 1 aliphatic rings. The average molecular weight is 272 g/mol. The van der Waals surface area contributed by atoms with Crippen LogP contribution in [0.25, 0.3) is 0 Å². The van der Waals surface area contributed by atoms with Crippen LogP contribution in [-0.2, 0) is 11.2 Å². The molecule has 1 fully saturated rings. The molecule has 0 saturated heterocycles. The number of halogens is 3. The van der Waals surface area contributed by atoms with Gasteiger partial charge in [-0.05, 0) is 37.0 Å². The third-order valence-electron chi connectivity index (χ3n) is 3.82. The van der Waals surface area contributed by atoms with Crippen LogP contribution in [-0.4, -0.2) is 17.0 Å². The SMILES string of the molecule is O=C(O)C1(Cc2cccc(F)c2)CCC(F)(F)CC1. The largest absolute Gasteiger partial charge is 0.481 e. The first kappa shape index (κ1) is 13.9. The number of hydrogen-bond acceptors (Lipinski definition) is 1. The lowest BCUT2D eigenvalue weighted by molar-refractivity contribution is -0.156. The van der Waals surface area contributed by atoms with Crippen LogP contribution in [0.5, 0.6) is 0 Å². The van der Waals surface area contributed by atoms with Crippen LogP contribution in [0, 0.1) is 11.2 Å². The second-order valence-electron chi connectivity index (χ2n) is 5.25. The van der Waals surface area contributed by atoms with E-state index in [2.05, 4.69) is 0 Å². The molecule has 1 saturated carbocycles. The summed E-state index contributed by atoms with van der Waals surface area (Å²) in [7, 11) is 0. The minimum absolute atomic E-state index is 0.0775. The number of alkyl halides is 2. The fourth-order valence-corrected chi connectivity index (χ4v) is 2.60. The minimum Gasteiger partial charge on any atom is -0.481 e. The molecule has 1 N–H and O–H groups in total. The van der Waals surface area contributed by atoms with E-state index in [-0.39, 0.29) is 19.3 Å². The van der Waals surface area contributed by atoms with Gasteiger partial charge in [0.15, 0.2) is 0 Å². The summed E-state index contributed by atoms with van der Waals surface area (Å²) >= 11 is 0. The lowest BCUT2D eigenvalue weighted by atomic mass is 9.69. The highest BCUT2D eigenvalue weighted by atomic mass is 19.3. The van der Waals surface area contributed by atoms with Gasteiger partial charge in [0, 0.05) is 12.8 Å². The van der Waals surface area contributed by atoms with Crippen molar-refractivity contribution in [1.29, 1.82) is 0 Å². The van der Waals surface area contributed by atoms with Crippen molar-refractivity contribution in [3.63, 3.8) is 0 Å². The molecule has 1 aromatic rings. The predicted octanol–water partition coefficient (Wildman–Crippen LogP) is 3.65. The van der Waals surface area contributed by atoms with Crippen molar-refractivity contribution in [3.8, 4) is 0 Å². The Morgan fingerprint density at radius 2 is 1.84 bits per heavy atom. The topological polar surface area (TPSA) is 37.3 Å². The number of benzene rings is 1.